The third-order valence-corrected chi connectivity index (χ3v) is 1.81. The van der Waals surface area contributed by atoms with Gasteiger partial charge in [-0.25, -0.2) is 0 Å². The predicted octanol–water partition coefficient (Wildman–Crippen LogP) is 2.00. The molecule has 0 heterocycles. The van der Waals surface area contributed by atoms with Crippen LogP contribution < -0.4 is 5.73 Å². The largest absolute Gasteiger partial charge is 0.412 e. The molecule has 5 N–H and O–H groups in total. The highest BCUT2D eigenvalue weighted by Gasteiger charge is 1.80. The molecule has 0 saturated heterocycles. The van der Waals surface area contributed by atoms with Gasteiger partial charge in [-0.2, -0.15) is 0 Å². The molecule has 0 aliphatic rings. The zero-order valence-electron chi connectivity index (χ0n) is 9.45. The fourth-order valence-corrected chi connectivity index (χ4v) is 0.992. The van der Waals surface area contributed by atoms with Crippen molar-refractivity contribution in [1.29, 1.82) is 0 Å². The van der Waals surface area contributed by atoms with Gasteiger partial charge in [-0.3, -0.25) is 0 Å². The van der Waals surface area contributed by atoms with E-state index in [0.29, 0.717) is 6.61 Å². The molecule has 88 valence electrons. The number of rotatable bonds is 4. The topological polar surface area (TPSA) is 77.8 Å². The summed E-state index contributed by atoms with van der Waals surface area (Å²) in [5, 5.41) is 8.29. The van der Waals surface area contributed by atoms with Crippen LogP contribution in [0.5, 0.6) is 0 Å². The van der Waals surface area contributed by atoms with Gasteiger partial charge in [-0.05, 0) is 18.6 Å². The van der Waals surface area contributed by atoms with Crippen molar-refractivity contribution in [2.75, 3.05) is 12.3 Å². The third kappa shape index (κ3) is 12.9. The van der Waals surface area contributed by atoms with E-state index in [-0.39, 0.29) is 5.48 Å². The second kappa shape index (κ2) is 12.9. The summed E-state index contributed by atoms with van der Waals surface area (Å²) in [5.41, 5.74) is 6.18. The molecule has 15 heavy (non-hydrogen) atoms. The lowest BCUT2D eigenvalue weighted by atomic mass is 10.2. The first kappa shape index (κ1) is 16.4. The molecule has 3 heteroatoms. The number of nitrogen functional groups attached to an aromatic ring is 1. The average Bonchev–Trinajstić information content (AvgIpc) is 2.21. The maximum atomic E-state index is 8.29. The Labute approximate surface area is 92.2 Å². The summed E-state index contributed by atoms with van der Waals surface area (Å²) in [6.45, 7) is 2.53. The van der Waals surface area contributed by atoms with Gasteiger partial charge in [0, 0.05) is 12.3 Å². The molecule has 0 fully saturated rings. The summed E-state index contributed by atoms with van der Waals surface area (Å²) in [5.74, 6) is 0. The number of unbranched alkanes of at least 4 members (excludes halogenated alkanes) is 3. The maximum Gasteiger partial charge on any atom is 0.0431 e. The van der Waals surface area contributed by atoms with E-state index in [9.17, 15) is 0 Å². The van der Waals surface area contributed by atoms with Gasteiger partial charge in [0.05, 0.1) is 0 Å². The Kier molecular flexibility index (Phi) is 14.1. The number of hydrogen-bond donors (Lipinski definition) is 2. The van der Waals surface area contributed by atoms with Gasteiger partial charge >= 0.3 is 0 Å². The number of aliphatic hydroxyl groups excluding tert-OH is 1. The summed E-state index contributed by atoms with van der Waals surface area (Å²) in [4.78, 5) is 0. The Balaban J connectivity index is 0. The van der Waals surface area contributed by atoms with Crippen molar-refractivity contribution < 1.29 is 10.6 Å². The van der Waals surface area contributed by atoms with E-state index in [1.54, 1.807) is 0 Å². The smallest absolute Gasteiger partial charge is 0.0431 e. The van der Waals surface area contributed by atoms with Crippen LogP contribution in [0.1, 0.15) is 32.6 Å². The molecule has 0 atom stereocenters. The highest BCUT2D eigenvalue weighted by atomic mass is 16.2. The van der Waals surface area contributed by atoms with Crippen LogP contribution in [0.3, 0.4) is 0 Å². The van der Waals surface area contributed by atoms with E-state index in [4.69, 9.17) is 10.8 Å². The fourth-order valence-electron chi connectivity index (χ4n) is 0.992. The molecule has 0 aromatic heterocycles. The third-order valence-electron chi connectivity index (χ3n) is 1.81. The second-order valence-electron chi connectivity index (χ2n) is 3.19. The average molecular weight is 213 g/mol. The fraction of sp³-hybridized carbons (Fsp3) is 0.500. The van der Waals surface area contributed by atoms with Gasteiger partial charge in [0.15, 0.2) is 0 Å². The summed E-state index contributed by atoms with van der Waals surface area (Å²) in [6, 6.07) is 9.49. The molecule has 0 saturated carbocycles. The van der Waals surface area contributed by atoms with E-state index in [1.807, 2.05) is 30.3 Å². The predicted molar refractivity (Wildman–Crippen MR) is 65.7 cm³/mol. The van der Waals surface area contributed by atoms with Crippen LogP contribution >= 0.6 is 0 Å². The van der Waals surface area contributed by atoms with Crippen molar-refractivity contribution in [3.8, 4) is 0 Å². The molecule has 1 aromatic rings. The number of anilines is 1. The van der Waals surface area contributed by atoms with Gasteiger partial charge in [-0.15, -0.1) is 0 Å². The Hall–Kier alpha value is -1.06. The van der Waals surface area contributed by atoms with Crippen molar-refractivity contribution >= 4 is 5.69 Å². The van der Waals surface area contributed by atoms with Crippen LogP contribution in [-0.2, 0) is 0 Å². The van der Waals surface area contributed by atoms with Crippen LogP contribution in [0.25, 0.3) is 0 Å². The highest BCUT2D eigenvalue weighted by Crippen LogP contribution is 1.96. The van der Waals surface area contributed by atoms with Gasteiger partial charge in [-0.1, -0.05) is 44.4 Å². The first-order valence-corrected chi connectivity index (χ1v) is 5.22. The quantitative estimate of drug-likeness (QED) is 0.592. The molecule has 0 radical (unpaired) electrons. The molecule has 0 aliphatic heterocycles. The van der Waals surface area contributed by atoms with Crippen LogP contribution in [0.15, 0.2) is 30.3 Å². The van der Waals surface area contributed by atoms with E-state index < -0.39 is 0 Å². The molecule has 0 spiro atoms. The summed E-state index contributed by atoms with van der Waals surface area (Å²) < 4.78 is 0. The number of para-hydroxylation sites is 1. The molecule has 3 nitrogen and oxygen atoms in total. The first-order valence-electron chi connectivity index (χ1n) is 5.22. The van der Waals surface area contributed by atoms with Gasteiger partial charge < -0.3 is 16.3 Å². The molecule has 0 bridgehead atoms. The van der Waals surface area contributed by atoms with Crippen LogP contribution in [0.4, 0.5) is 5.69 Å². The summed E-state index contributed by atoms with van der Waals surface area (Å²) in [6.07, 6.45) is 4.68. The first-order chi connectivity index (χ1) is 6.81. The van der Waals surface area contributed by atoms with E-state index in [2.05, 4.69) is 6.92 Å². The Morgan fingerprint density at radius 1 is 1.07 bits per heavy atom. The van der Waals surface area contributed by atoms with Crippen LogP contribution in [0.2, 0.25) is 0 Å². The molecular weight excluding hydrogens is 190 g/mol. The minimum absolute atomic E-state index is 0. The van der Waals surface area contributed by atoms with Gasteiger partial charge in [0.1, 0.15) is 0 Å². The van der Waals surface area contributed by atoms with Crippen molar-refractivity contribution in [3.05, 3.63) is 30.3 Å². The number of benzene rings is 1. The number of nitrogens with two attached hydrogens (primary N) is 1. The number of hydrogen-bond acceptors (Lipinski definition) is 2. The maximum absolute atomic E-state index is 8.29. The lowest BCUT2D eigenvalue weighted by Gasteiger charge is -1.90. The van der Waals surface area contributed by atoms with Crippen molar-refractivity contribution in [2.24, 2.45) is 0 Å². The van der Waals surface area contributed by atoms with Crippen molar-refractivity contribution in [1.82, 2.24) is 0 Å². The van der Waals surface area contributed by atoms with Crippen LogP contribution in [0, 0.1) is 0 Å². The van der Waals surface area contributed by atoms with E-state index in [0.717, 1.165) is 12.1 Å². The Bertz CT molecular complexity index is 198. The molecule has 0 aliphatic carbocycles. The second-order valence-corrected chi connectivity index (χ2v) is 3.19. The molecular formula is C12H23NO2. The normalized spacial score (nSPS) is 8.40. The van der Waals surface area contributed by atoms with Crippen molar-refractivity contribution in [2.45, 2.75) is 32.6 Å². The van der Waals surface area contributed by atoms with Gasteiger partial charge in [0.2, 0.25) is 0 Å². The highest BCUT2D eigenvalue weighted by molar-refractivity contribution is 5.35. The number of aliphatic hydroxyl groups is 1. The monoisotopic (exact) mass is 213 g/mol. The minimum atomic E-state index is 0. The molecule has 1 rings (SSSR count). The summed E-state index contributed by atoms with van der Waals surface area (Å²) >= 11 is 0. The summed E-state index contributed by atoms with van der Waals surface area (Å²) in [7, 11) is 0. The van der Waals surface area contributed by atoms with Crippen molar-refractivity contribution in [3.63, 3.8) is 0 Å². The SMILES string of the molecule is CCCCCCO.Nc1ccccc1.O. The lowest BCUT2D eigenvalue weighted by Crippen LogP contribution is -1.80. The lowest BCUT2D eigenvalue weighted by molar-refractivity contribution is 0.283. The van der Waals surface area contributed by atoms with E-state index in [1.165, 1.54) is 19.3 Å². The van der Waals surface area contributed by atoms with E-state index >= 15 is 0 Å². The van der Waals surface area contributed by atoms with Gasteiger partial charge in [0.25, 0.3) is 0 Å². The Morgan fingerprint density at radius 2 is 1.67 bits per heavy atom. The Morgan fingerprint density at radius 3 is 2.00 bits per heavy atom. The zero-order chi connectivity index (χ0) is 10.6. The molecule has 0 unspecified atom stereocenters. The standard InChI is InChI=1S/C6H7N.C6H14O.H2O/c7-6-4-2-1-3-5-6;1-2-3-4-5-6-7;/h1-5H,7H2;7H,2-6H2,1H3;1H2. The molecule has 1 aromatic carbocycles. The minimum Gasteiger partial charge on any atom is -0.412 e. The van der Waals surface area contributed by atoms with Crippen LogP contribution in [-0.4, -0.2) is 17.2 Å². The molecule has 0 amide bonds. The zero-order valence-corrected chi connectivity index (χ0v) is 9.45.